The van der Waals surface area contributed by atoms with E-state index in [1.165, 1.54) is 122 Å². The third kappa shape index (κ3) is 8.91. The zero-order chi connectivity index (χ0) is 54.9. The summed E-state index contributed by atoms with van der Waals surface area (Å²) in [5.41, 5.74) is 30.6. The zero-order valence-electron chi connectivity index (χ0n) is 49.0. The molecular formula is C75H79B2N. The second kappa shape index (κ2) is 20.9. The van der Waals surface area contributed by atoms with Gasteiger partial charge in [0.1, 0.15) is 0 Å². The van der Waals surface area contributed by atoms with Crippen LogP contribution in [0.1, 0.15) is 185 Å². The minimum atomic E-state index is -0.545. The Labute approximate surface area is 469 Å². The van der Waals surface area contributed by atoms with Crippen molar-refractivity contribution in [3.8, 4) is 11.1 Å². The van der Waals surface area contributed by atoms with E-state index in [1.54, 1.807) is 0 Å². The van der Waals surface area contributed by atoms with Crippen LogP contribution in [0.2, 0.25) is 0 Å². The number of rotatable bonds is 12. The van der Waals surface area contributed by atoms with Crippen molar-refractivity contribution >= 4 is 63.3 Å². The molecule has 0 saturated carbocycles. The molecule has 1 nitrogen and oxygen atoms in total. The van der Waals surface area contributed by atoms with Crippen molar-refractivity contribution in [1.29, 1.82) is 0 Å². The Bertz CT molecular complexity index is 3540. The maximum absolute atomic E-state index is 2.62. The number of hydrogen-bond acceptors (Lipinski definition) is 1. The Balaban J connectivity index is 1.18. The summed E-state index contributed by atoms with van der Waals surface area (Å²) in [5, 5.41) is 0. The Kier molecular flexibility index (Phi) is 14.2. The van der Waals surface area contributed by atoms with E-state index in [0.29, 0.717) is 35.5 Å². The zero-order valence-corrected chi connectivity index (χ0v) is 49.0. The first-order chi connectivity index (χ1) is 37.5. The summed E-state index contributed by atoms with van der Waals surface area (Å²) in [6, 6.07) is 73.5. The molecule has 0 bridgehead atoms. The summed E-state index contributed by atoms with van der Waals surface area (Å²) < 4.78 is 0. The molecule has 9 aromatic carbocycles. The molecule has 2 heterocycles. The van der Waals surface area contributed by atoms with Crippen LogP contribution in [-0.4, -0.2) is 13.4 Å². The minimum absolute atomic E-state index is 0.0444. The van der Waals surface area contributed by atoms with Gasteiger partial charge in [0, 0.05) is 5.69 Å². The van der Waals surface area contributed by atoms with Gasteiger partial charge in [-0.25, -0.2) is 0 Å². The third-order valence-electron chi connectivity index (χ3n) is 17.7. The largest absolute Gasteiger partial charge is 0.310 e. The summed E-state index contributed by atoms with van der Waals surface area (Å²) >= 11 is 0. The fraction of sp³-hybridized carbons (Fsp3) is 0.280. The highest BCUT2D eigenvalue weighted by Crippen LogP contribution is 2.58. The minimum Gasteiger partial charge on any atom is -0.310 e. The standard InChI is InChI=1S/C75H79B2N/c1-46(2)56-41-61(48(5)6)73(62(42-56)49(7)8)76-67-30-21-22-31-68(67)77(74-63(50(9)10)43-57(47(3)4)44-64(74)51(11)12)70-45-55(34-35-69(70)76)54-24-23-29-60(40-54)78-71-36-32-52(13)38-65(71)75(58-25-17-15-18-26-58,59-27-19-16-20-28-59)66-39-53(14)33-37-72(66)78/h15-51H,1-14H3. The monoisotopic (exact) mass is 1020 g/mol. The predicted octanol–water partition coefficient (Wildman–Crippen LogP) is 16.2. The molecule has 3 heteroatoms. The van der Waals surface area contributed by atoms with Crippen LogP contribution >= 0.6 is 0 Å². The normalized spacial score (nSPS) is 13.7. The lowest BCUT2D eigenvalue weighted by atomic mass is 9.20. The van der Waals surface area contributed by atoms with Crippen LogP contribution < -0.4 is 37.7 Å². The van der Waals surface area contributed by atoms with E-state index >= 15 is 0 Å². The van der Waals surface area contributed by atoms with Gasteiger partial charge in [0.05, 0.1) is 16.8 Å². The van der Waals surface area contributed by atoms with E-state index in [1.807, 2.05) is 0 Å². The van der Waals surface area contributed by atoms with E-state index in [-0.39, 0.29) is 13.4 Å². The molecule has 0 amide bonds. The molecule has 2 aliphatic rings. The Morgan fingerprint density at radius 2 is 0.731 bits per heavy atom. The van der Waals surface area contributed by atoms with Gasteiger partial charge in [0.2, 0.25) is 13.4 Å². The molecule has 0 atom stereocenters. The van der Waals surface area contributed by atoms with E-state index in [9.17, 15) is 0 Å². The Morgan fingerprint density at radius 1 is 0.333 bits per heavy atom. The molecule has 390 valence electrons. The van der Waals surface area contributed by atoms with Crippen LogP contribution in [0.25, 0.3) is 11.1 Å². The van der Waals surface area contributed by atoms with Gasteiger partial charge in [0.15, 0.2) is 0 Å². The number of nitrogens with zero attached hydrogens (tertiary/aromatic N) is 1. The van der Waals surface area contributed by atoms with Gasteiger partial charge in [-0.05, 0) is 140 Å². The highest BCUT2D eigenvalue weighted by Gasteiger charge is 2.47. The molecular weight excluding hydrogens is 936 g/mol. The fourth-order valence-electron chi connectivity index (χ4n) is 13.8. The SMILES string of the molecule is Cc1ccc2c(c1)C(c1ccccc1)(c1ccccc1)c1cc(C)ccc1N2c1cccc(-c2ccc3c(c2)B(c2c(C(C)C)cc(C(C)C)cc2C(C)C)c2ccccc2B3c2c(C(C)C)cc(C(C)C)cc2C(C)C)c1. The predicted molar refractivity (Wildman–Crippen MR) is 341 cm³/mol. The molecule has 9 aromatic rings. The van der Waals surface area contributed by atoms with Crippen molar-refractivity contribution in [1.82, 2.24) is 0 Å². The molecule has 0 aliphatic carbocycles. The quantitative estimate of drug-likeness (QED) is 0.110. The van der Waals surface area contributed by atoms with Crippen LogP contribution in [0.4, 0.5) is 17.1 Å². The summed E-state index contributed by atoms with van der Waals surface area (Å²) in [7, 11) is 0. The summed E-state index contributed by atoms with van der Waals surface area (Å²) in [6.07, 6.45) is 0. The lowest BCUT2D eigenvalue weighted by Gasteiger charge is -2.47. The molecule has 0 saturated heterocycles. The molecule has 2 aliphatic heterocycles. The molecule has 11 rings (SSSR count). The van der Waals surface area contributed by atoms with Crippen molar-refractivity contribution in [2.24, 2.45) is 0 Å². The molecule has 0 fully saturated rings. The first-order valence-electron chi connectivity index (χ1n) is 29.3. The van der Waals surface area contributed by atoms with Gasteiger partial charge in [-0.3, -0.25) is 0 Å². The van der Waals surface area contributed by atoms with Crippen LogP contribution in [-0.2, 0) is 5.41 Å². The van der Waals surface area contributed by atoms with E-state index in [4.69, 9.17) is 0 Å². The Morgan fingerprint density at radius 3 is 1.15 bits per heavy atom. The van der Waals surface area contributed by atoms with Gasteiger partial charge in [-0.15, -0.1) is 0 Å². The number of anilines is 3. The van der Waals surface area contributed by atoms with E-state index in [0.717, 1.165) is 5.69 Å². The van der Waals surface area contributed by atoms with Crippen molar-refractivity contribution in [3.05, 3.63) is 255 Å². The second-order valence-corrected chi connectivity index (χ2v) is 24.9. The van der Waals surface area contributed by atoms with Crippen LogP contribution in [0.3, 0.4) is 0 Å². The van der Waals surface area contributed by atoms with Gasteiger partial charge < -0.3 is 4.90 Å². The van der Waals surface area contributed by atoms with Gasteiger partial charge in [0.25, 0.3) is 0 Å². The van der Waals surface area contributed by atoms with Gasteiger partial charge in [-0.2, -0.15) is 0 Å². The van der Waals surface area contributed by atoms with E-state index in [2.05, 4.69) is 290 Å². The number of hydrogen-bond donors (Lipinski definition) is 0. The first kappa shape index (κ1) is 52.9. The van der Waals surface area contributed by atoms with E-state index < -0.39 is 5.41 Å². The van der Waals surface area contributed by atoms with Crippen LogP contribution in [0, 0.1) is 13.8 Å². The molecule has 0 N–H and O–H groups in total. The van der Waals surface area contributed by atoms with Gasteiger partial charge in [-0.1, -0.05) is 291 Å². The molecule has 78 heavy (non-hydrogen) atoms. The van der Waals surface area contributed by atoms with Crippen molar-refractivity contribution in [2.45, 2.75) is 138 Å². The van der Waals surface area contributed by atoms with Crippen molar-refractivity contribution < 1.29 is 0 Å². The number of fused-ring (bicyclic) bond motifs is 4. The topological polar surface area (TPSA) is 3.24 Å². The average Bonchev–Trinajstić information content (AvgIpc) is 2.75. The lowest BCUT2D eigenvalue weighted by Crippen LogP contribution is -2.76. The maximum atomic E-state index is 2.62. The third-order valence-corrected chi connectivity index (χ3v) is 17.7. The van der Waals surface area contributed by atoms with Crippen molar-refractivity contribution in [3.63, 3.8) is 0 Å². The number of aryl methyl sites for hydroxylation is 2. The maximum Gasteiger partial charge on any atom is 0.240 e. The highest BCUT2D eigenvalue weighted by atomic mass is 15.2. The Hall–Kier alpha value is -7.09. The lowest BCUT2D eigenvalue weighted by molar-refractivity contribution is 0.729. The molecule has 0 spiro atoms. The summed E-state index contributed by atoms with van der Waals surface area (Å²) in [4.78, 5) is 2.55. The van der Waals surface area contributed by atoms with Crippen LogP contribution in [0.5, 0.6) is 0 Å². The average molecular weight is 1020 g/mol. The smallest absolute Gasteiger partial charge is 0.240 e. The summed E-state index contributed by atoms with van der Waals surface area (Å²) in [6.45, 7) is 33.3. The van der Waals surface area contributed by atoms with Gasteiger partial charge >= 0.3 is 0 Å². The number of benzene rings is 9. The molecule has 0 unspecified atom stereocenters. The fourth-order valence-corrected chi connectivity index (χ4v) is 13.8. The molecule has 0 radical (unpaired) electrons. The van der Waals surface area contributed by atoms with Crippen LogP contribution in [0.15, 0.2) is 188 Å². The molecule has 0 aromatic heterocycles. The van der Waals surface area contributed by atoms with Crippen molar-refractivity contribution in [2.75, 3.05) is 4.90 Å². The summed E-state index contributed by atoms with van der Waals surface area (Å²) in [5.74, 6) is 2.28. The first-order valence-corrected chi connectivity index (χ1v) is 29.3. The second-order valence-electron chi connectivity index (χ2n) is 24.9. The highest BCUT2D eigenvalue weighted by molar-refractivity contribution is 7.11.